The minimum Gasteiger partial charge on any atom is -0.489 e. The Morgan fingerprint density at radius 2 is 1.82 bits per heavy atom. The Morgan fingerprint density at radius 3 is 2.53 bits per heavy atom. The molecule has 0 aliphatic carbocycles. The molecule has 7 nitrogen and oxygen atoms in total. The predicted octanol–water partition coefficient (Wildman–Crippen LogP) is 7.34. The smallest absolute Gasteiger partial charge is 0.410 e. The number of ether oxygens (including phenoxy) is 2. The zero-order chi connectivity index (χ0) is 27.1. The standard InChI is InChI=1S/C29H32N4O3.C2H6/c1-29(2,3)36-28(34)33-15-7-8-22(18-33)23-16-25-27(30-17-23)32-26(31-25)21-13-11-20(12-14-21)19-35-24-9-5-4-6-10-24;1-2/h4-6,9-14,16-17,22H,7-8,15,18-19H2,1-3H3,(H,30,31,32);1-2H3. The van der Waals surface area contributed by atoms with Gasteiger partial charge in [-0.15, -0.1) is 0 Å². The number of fused-ring (bicyclic) bond motifs is 1. The number of aromatic nitrogens is 3. The number of imidazole rings is 1. The lowest BCUT2D eigenvalue weighted by Crippen LogP contribution is -2.42. The summed E-state index contributed by atoms with van der Waals surface area (Å²) in [5.41, 5.74) is 4.28. The van der Waals surface area contributed by atoms with E-state index < -0.39 is 5.60 Å². The minimum atomic E-state index is -0.496. The van der Waals surface area contributed by atoms with Crippen LogP contribution in [-0.4, -0.2) is 44.6 Å². The second-order valence-corrected chi connectivity index (χ2v) is 10.3. The molecule has 1 aliphatic heterocycles. The molecular weight excluding hydrogens is 476 g/mol. The van der Waals surface area contributed by atoms with E-state index in [1.54, 1.807) is 0 Å². The highest BCUT2D eigenvalue weighted by Gasteiger charge is 2.28. The van der Waals surface area contributed by atoms with Gasteiger partial charge in [-0.25, -0.2) is 14.8 Å². The van der Waals surface area contributed by atoms with E-state index in [0.29, 0.717) is 18.8 Å². The SMILES string of the molecule is CC.CC(C)(C)OC(=O)N1CCCC(c2cnc3nc(-c4ccc(COc5ccccc5)cc4)[nH]c3c2)C1. The van der Waals surface area contributed by atoms with Crippen LogP contribution in [0.15, 0.2) is 66.9 Å². The van der Waals surface area contributed by atoms with E-state index in [9.17, 15) is 4.79 Å². The van der Waals surface area contributed by atoms with Crippen molar-refractivity contribution in [3.8, 4) is 17.1 Å². The van der Waals surface area contributed by atoms with Gasteiger partial charge in [-0.05, 0) is 62.9 Å². The van der Waals surface area contributed by atoms with E-state index in [0.717, 1.165) is 53.2 Å². The Bertz CT molecular complexity index is 1330. The Labute approximate surface area is 225 Å². The molecule has 1 N–H and O–H groups in total. The number of pyridine rings is 1. The maximum Gasteiger partial charge on any atom is 0.410 e. The molecule has 1 atom stereocenters. The number of aromatic amines is 1. The van der Waals surface area contributed by atoms with E-state index in [1.165, 1.54) is 0 Å². The Balaban J connectivity index is 0.00000164. The number of piperidine rings is 1. The van der Waals surface area contributed by atoms with Crippen molar-refractivity contribution in [2.45, 2.75) is 65.6 Å². The van der Waals surface area contributed by atoms with Crippen LogP contribution in [0.1, 0.15) is 64.5 Å². The summed E-state index contributed by atoms with van der Waals surface area (Å²) >= 11 is 0. The number of benzene rings is 2. The van der Waals surface area contributed by atoms with Gasteiger partial charge in [-0.1, -0.05) is 56.3 Å². The molecule has 0 radical (unpaired) electrons. The quantitative estimate of drug-likeness (QED) is 0.301. The minimum absolute atomic E-state index is 0.221. The summed E-state index contributed by atoms with van der Waals surface area (Å²) in [6.07, 6.45) is 3.60. The van der Waals surface area contributed by atoms with Crippen LogP contribution in [0.5, 0.6) is 5.75 Å². The first-order chi connectivity index (χ1) is 18.3. The van der Waals surface area contributed by atoms with Gasteiger partial charge in [0.25, 0.3) is 0 Å². The van der Waals surface area contributed by atoms with Gasteiger partial charge < -0.3 is 19.4 Å². The lowest BCUT2D eigenvalue weighted by Gasteiger charge is -2.34. The molecule has 0 spiro atoms. The van der Waals surface area contributed by atoms with Crippen LogP contribution >= 0.6 is 0 Å². The topological polar surface area (TPSA) is 80.3 Å². The lowest BCUT2D eigenvalue weighted by atomic mass is 9.92. The number of nitrogens with one attached hydrogen (secondary N) is 1. The summed E-state index contributed by atoms with van der Waals surface area (Å²) in [7, 11) is 0. The zero-order valence-electron chi connectivity index (χ0n) is 23.0. The molecule has 0 bridgehead atoms. The molecule has 38 heavy (non-hydrogen) atoms. The van der Waals surface area contributed by atoms with E-state index in [2.05, 4.69) is 28.2 Å². The number of hydrogen-bond donors (Lipinski definition) is 1. The maximum atomic E-state index is 12.6. The number of hydrogen-bond acceptors (Lipinski definition) is 5. The second-order valence-electron chi connectivity index (χ2n) is 10.3. The van der Waals surface area contributed by atoms with E-state index in [1.807, 2.05) is 88.2 Å². The molecule has 2 aromatic heterocycles. The summed E-state index contributed by atoms with van der Waals surface area (Å²) in [5, 5.41) is 0. The van der Waals surface area contributed by atoms with Gasteiger partial charge >= 0.3 is 6.09 Å². The van der Waals surface area contributed by atoms with Crippen LogP contribution in [0.4, 0.5) is 4.79 Å². The van der Waals surface area contributed by atoms with Gasteiger partial charge in [0.05, 0.1) is 5.52 Å². The van der Waals surface area contributed by atoms with Crippen molar-refractivity contribution in [3.63, 3.8) is 0 Å². The highest BCUT2D eigenvalue weighted by atomic mass is 16.6. The van der Waals surface area contributed by atoms with Crippen molar-refractivity contribution in [2.75, 3.05) is 13.1 Å². The number of nitrogens with zero attached hydrogens (tertiary/aromatic N) is 3. The maximum absolute atomic E-state index is 12.6. The van der Waals surface area contributed by atoms with Gasteiger partial charge in [0.15, 0.2) is 5.65 Å². The number of likely N-dealkylation sites (tertiary alicyclic amines) is 1. The molecular formula is C31H38N4O3. The fourth-order valence-corrected chi connectivity index (χ4v) is 4.46. The number of H-pyrrole nitrogens is 1. The molecule has 1 fully saturated rings. The van der Waals surface area contributed by atoms with Gasteiger partial charge in [0.2, 0.25) is 0 Å². The van der Waals surface area contributed by atoms with Crippen LogP contribution in [0.2, 0.25) is 0 Å². The lowest BCUT2D eigenvalue weighted by molar-refractivity contribution is 0.0198. The third-order valence-corrected chi connectivity index (χ3v) is 6.28. The van der Waals surface area contributed by atoms with Crippen molar-refractivity contribution in [1.82, 2.24) is 19.9 Å². The van der Waals surface area contributed by atoms with Gasteiger partial charge in [0.1, 0.15) is 23.8 Å². The molecule has 1 unspecified atom stereocenters. The fraction of sp³-hybridized carbons (Fsp3) is 0.387. The summed E-state index contributed by atoms with van der Waals surface area (Å²) in [5.74, 6) is 1.86. The first-order valence-corrected chi connectivity index (χ1v) is 13.4. The highest BCUT2D eigenvalue weighted by Crippen LogP contribution is 2.30. The second kappa shape index (κ2) is 12.1. The monoisotopic (exact) mass is 514 g/mol. The Kier molecular flexibility index (Phi) is 8.66. The molecule has 1 saturated heterocycles. The predicted molar refractivity (Wildman–Crippen MR) is 151 cm³/mol. The van der Waals surface area contributed by atoms with Crippen molar-refractivity contribution < 1.29 is 14.3 Å². The van der Waals surface area contributed by atoms with E-state index in [-0.39, 0.29) is 12.0 Å². The van der Waals surface area contributed by atoms with Crippen LogP contribution in [-0.2, 0) is 11.3 Å². The molecule has 5 rings (SSSR count). The number of carbonyl (C=O) groups excluding carboxylic acids is 1. The number of rotatable bonds is 5. The van der Waals surface area contributed by atoms with Gasteiger partial charge in [-0.2, -0.15) is 0 Å². The van der Waals surface area contributed by atoms with Gasteiger partial charge in [0, 0.05) is 30.8 Å². The first kappa shape index (κ1) is 27.2. The average molecular weight is 515 g/mol. The molecule has 200 valence electrons. The van der Waals surface area contributed by atoms with Crippen LogP contribution in [0, 0.1) is 0 Å². The van der Waals surface area contributed by atoms with E-state index >= 15 is 0 Å². The van der Waals surface area contributed by atoms with Crippen LogP contribution in [0.25, 0.3) is 22.6 Å². The van der Waals surface area contributed by atoms with Crippen molar-refractivity contribution >= 4 is 17.3 Å². The average Bonchev–Trinajstić information content (AvgIpc) is 3.37. The third-order valence-electron chi connectivity index (χ3n) is 6.28. The van der Waals surface area contributed by atoms with Crippen LogP contribution < -0.4 is 4.74 Å². The first-order valence-electron chi connectivity index (χ1n) is 13.4. The van der Waals surface area contributed by atoms with Gasteiger partial charge in [-0.3, -0.25) is 0 Å². The highest BCUT2D eigenvalue weighted by molar-refractivity contribution is 5.76. The zero-order valence-corrected chi connectivity index (χ0v) is 23.0. The molecule has 4 aromatic rings. The van der Waals surface area contributed by atoms with Crippen LogP contribution in [0.3, 0.4) is 0 Å². The molecule has 7 heteroatoms. The molecule has 3 heterocycles. The summed E-state index contributed by atoms with van der Waals surface area (Å²) in [6.45, 7) is 11.6. The van der Waals surface area contributed by atoms with E-state index in [4.69, 9.17) is 14.5 Å². The third kappa shape index (κ3) is 6.91. The Morgan fingerprint density at radius 1 is 1.08 bits per heavy atom. The Hall–Kier alpha value is -3.87. The summed E-state index contributed by atoms with van der Waals surface area (Å²) < 4.78 is 11.4. The van der Waals surface area contributed by atoms with Crippen molar-refractivity contribution in [2.24, 2.45) is 0 Å². The van der Waals surface area contributed by atoms with Crippen molar-refractivity contribution in [3.05, 3.63) is 78.0 Å². The largest absolute Gasteiger partial charge is 0.489 e. The normalized spacial score (nSPS) is 15.5. The van der Waals surface area contributed by atoms with Crippen molar-refractivity contribution in [1.29, 1.82) is 0 Å². The number of amides is 1. The summed E-state index contributed by atoms with van der Waals surface area (Å²) in [4.78, 5) is 27.1. The molecule has 2 aromatic carbocycles. The molecule has 1 aliphatic rings. The summed E-state index contributed by atoms with van der Waals surface area (Å²) in [6, 6.07) is 20.1. The molecule has 0 saturated carbocycles. The molecule has 1 amide bonds. The fourth-order valence-electron chi connectivity index (χ4n) is 4.46. The number of para-hydroxylation sites is 1. The number of carbonyl (C=O) groups is 1.